The summed E-state index contributed by atoms with van der Waals surface area (Å²) in [6.45, 7) is -0.0796. The quantitative estimate of drug-likeness (QED) is 0.224. The van der Waals surface area contributed by atoms with E-state index in [4.69, 9.17) is 4.74 Å². The molecule has 2 saturated carbocycles. The van der Waals surface area contributed by atoms with Gasteiger partial charge in [0, 0.05) is 24.4 Å². The zero-order valence-electron chi connectivity index (χ0n) is 28.5. The molecule has 2 aliphatic carbocycles. The van der Waals surface area contributed by atoms with Crippen LogP contribution in [0, 0.1) is 5.92 Å². The molecule has 0 spiro atoms. The largest absolute Gasteiger partial charge is 0.475 e. The van der Waals surface area contributed by atoms with E-state index in [1.54, 1.807) is 12.3 Å². The van der Waals surface area contributed by atoms with Crippen LogP contribution in [0.25, 0.3) is 22.3 Å². The van der Waals surface area contributed by atoms with Gasteiger partial charge >= 0.3 is 12.1 Å². The highest BCUT2D eigenvalue weighted by molar-refractivity contribution is 7.08. The number of fused-ring (bicyclic) bond motifs is 2. The Kier molecular flexibility index (Phi) is 10.4. The smallest absolute Gasteiger partial charge is 0.408 e. The Labute approximate surface area is 308 Å². The van der Waals surface area contributed by atoms with E-state index in [-0.39, 0.29) is 31.0 Å². The average Bonchev–Trinajstić information content (AvgIpc) is 3.81. The van der Waals surface area contributed by atoms with Gasteiger partial charge in [0.25, 0.3) is 11.3 Å². The lowest BCUT2D eigenvalue weighted by molar-refractivity contribution is -0.151. The van der Waals surface area contributed by atoms with Crippen LogP contribution in [0.2, 0.25) is 0 Å². The van der Waals surface area contributed by atoms with Gasteiger partial charge in [0.1, 0.15) is 23.7 Å². The first-order valence-electron chi connectivity index (χ1n) is 17.9. The van der Waals surface area contributed by atoms with Crippen molar-refractivity contribution in [3.63, 3.8) is 0 Å². The predicted molar refractivity (Wildman–Crippen MR) is 194 cm³/mol. The van der Waals surface area contributed by atoms with E-state index in [0.29, 0.717) is 30.4 Å². The molecule has 0 aromatic carbocycles. The fraction of sp³-hybridized carbons (Fsp3) is 0.486. The molecule has 4 aliphatic rings. The number of hydrogen-bond donors (Lipinski definition) is 3. The van der Waals surface area contributed by atoms with Gasteiger partial charge in [-0.25, -0.2) is 14.3 Å². The van der Waals surface area contributed by atoms with Crippen molar-refractivity contribution in [2.45, 2.75) is 100 Å². The Balaban J connectivity index is 1.24. The van der Waals surface area contributed by atoms with Crippen molar-refractivity contribution in [3.8, 4) is 22.3 Å². The molecule has 0 radical (unpaired) electrons. The van der Waals surface area contributed by atoms with Gasteiger partial charge in [0.15, 0.2) is 0 Å². The Hall–Kier alpha value is -4.63. The standard InChI is InChI=1S/C37H41N5O8S2/c43-31(35(47)48)37-17-24(37)8-4-2-1-3-5-11-28(39-36(49)50-26-9-6-7-10-26)33(45)41-19-25(16-29(41)32(44)40-37)42-34(46)30(23-13-15-52-21-23)27(18-38-42)22-12-14-51-20-22/h4,8,12-15,18,20-21,24-26,28-29H,1-3,5-7,9-11,16-17,19H2,(H,39,49)(H,40,44)(H,47,48)/b8-4-/t24-,25+,28-,29-,37+/m0/s1. The molecule has 13 nitrogen and oxygen atoms in total. The number of ketones is 1. The number of rotatable bonds is 7. The van der Waals surface area contributed by atoms with Crippen LogP contribution >= 0.6 is 22.7 Å². The highest BCUT2D eigenvalue weighted by atomic mass is 32.1. The molecular formula is C37H41N5O8S2. The molecule has 1 saturated heterocycles. The lowest BCUT2D eigenvalue weighted by Gasteiger charge is -2.29. The number of carbonyl (C=O) groups excluding carboxylic acids is 4. The highest BCUT2D eigenvalue weighted by Gasteiger charge is 2.62. The first kappa shape index (κ1) is 35.8. The number of Topliss-reactive ketones (excluding diaryl/α,β-unsaturated/α-hetero) is 1. The van der Waals surface area contributed by atoms with E-state index < -0.39 is 59.2 Å². The maximum atomic E-state index is 14.5. The SMILES string of the molecule is O=C(N[C@H]1CCCCC/C=C\[C@H]2C[C@@]2(C(=O)C(=O)O)NC(=O)[C@@H]2C[C@@H](n3ncc(-c4ccsc4)c(-c4ccsc4)c3=O)CN2C1=O)OC1CCCC1. The molecule has 0 bridgehead atoms. The molecule has 3 aromatic rings. The van der Waals surface area contributed by atoms with Crippen molar-refractivity contribution >= 4 is 52.3 Å². The van der Waals surface area contributed by atoms with Crippen LogP contribution in [0.3, 0.4) is 0 Å². The fourth-order valence-electron chi connectivity index (χ4n) is 7.85. The Morgan fingerprint density at radius 3 is 2.42 bits per heavy atom. The third kappa shape index (κ3) is 7.20. The number of hydrogen-bond acceptors (Lipinski definition) is 10. The van der Waals surface area contributed by atoms with Gasteiger partial charge in [0.2, 0.25) is 11.8 Å². The second-order valence-corrected chi connectivity index (χ2v) is 15.6. The summed E-state index contributed by atoms with van der Waals surface area (Å²) in [6, 6.07) is 0.829. The zero-order chi connectivity index (χ0) is 36.4. The van der Waals surface area contributed by atoms with Crippen LogP contribution in [0.5, 0.6) is 0 Å². The Bertz CT molecular complexity index is 1920. The fourth-order valence-corrected chi connectivity index (χ4v) is 9.15. The number of ether oxygens (including phenoxy) is 1. The van der Waals surface area contributed by atoms with Gasteiger partial charge in [-0.3, -0.25) is 19.2 Å². The van der Waals surface area contributed by atoms with Crippen molar-refractivity contribution < 1.29 is 33.8 Å². The first-order valence-corrected chi connectivity index (χ1v) is 19.8. The normalized spacial score (nSPS) is 27.4. The summed E-state index contributed by atoms with van der Waals surface area (Å²) in [4.78, 5) is 82.5. The van der Waals surface area contributed by atoms with E-state index >= 15 is 0 Å². The Morgan fingerprint density at radius 1 is 0.981 bits per heavy atom. The minimum atomic E-state index is -1.65. The summed E-state index contributed by atoms with van der Waals surface area (Å²) in [5.41, 5.74) is 0.649. The number of nitrogens with one attached hydrogen (secondary N) is 2. The van der Waals surface area contributed by atoms with E-state index in [1.807, 2.05) is 39.7 Å². The monoisotopic (exact) mass is 747 g/mol. The van der Waals surface area contributed by atoms with Crippen LogP contribution in [0.1, 0.15) is 76.7 Å². The summed E-state index contributed by atoms with van der Waals surface area (Å²) in [7, 11) is 0. The lowest BCUT2D eigenvalue weighted by atomic mass is 10.0. The van der Waals surface area contributed by atoms with Crippen LogP contribution in [0.15, 0.2) is 56.8 Å². The minimum absolute atomic E-state index is 0.0254. The molecule has 3 N–H and O–H groups in total. The number of carbonyl (C=O) groups is 5. The van der Waals surface area contributed by atoms with E-state index in [0.717, 1.165) is 49.7 Å². The lowest BCUT2D eigenvalue weighted by Crippen LogP contribution is -2.57. The average molecular weight is 748 g/mol. The molecule has 5 heterocycles. The van der Waals surface area contributed by atoms with Crippen molar-refractivity contribution in [3.05, 3.63) is 62.4 Å². The number of carboxylic acid groups (broad SMARTS) is 1. The van der Waals surface area contributed by atoms with Gasteiger partial charge in [-0.05, 0) is 96.1 Å². The Morgan fingerprint density at radius 2 is 1.71 bits per heavy atom. The zero-order valence-corrected chi connectivity index (χ0v) is 30.2. The number of alkyl carbamates (subject to hydrolysis) is 1. The minimum Gasteiger partial charge on any atom is -0.475 e. The third-order valence-corrected chi connectivity index (χ3v) is 12.1. The van der Waals surface area contributed by atoms with Gasteiger partial charge in [-0.2, -0.15) is 27.8 Å². The summed E-state index contributed by atoms with van der Waals surface area (Å²) < 4.78 is 6.95. The molecule has 2 aliphatic heterocycles. The van der Waals surface area contributed by atoms with Crippen molar-refractivity contribution in [1.29, 1.82) is 0 Å². The molecule has 0 unspecified atom stereocenters. The third-order valence-electron chi connectivity index (χ3n) is 10.7. The maximum absolute atomic E-state index is 14.5. The van der Waals surface area contributed by atoms with Gasteiger partial charge < -0.3 is 25.4 Å². The summed E-state index contributed by atoms with van der Waals surface area (Å²) in [5, 5.41) is 27.4. The number of thiophene rings is 2. The van der Waals surface area contributed by atoms with Crippen LogP contribution in [0.4, 0.5) is 4.79 Å². The van der Waals surface area contributed by atoms with Crippen molar-refractivity contribution in [1.82, 2.24) is 25.3 Å². The molecule has 15 heteroatoms. The number of carboxylic acids is 1. The van der Waals surface area contributed by atoms with Crippen LogP contribution < -0.4 is 16.2 Å². The van der Waals surface area contributed by atoms with Crippen molar-refractivity contribution in [2.75, 3.05) is 6.54 Å². The van der Waals surface area contributed by atoms with Gasteiger partial charge in [-0.1, -0.05) is 25.0 Å². The molecule has 3 aromatic heterocycles. The number of aliphatic carboxylic acids is 1. The van der Waals surface area contributed by atoms with Gasteiger partial charge in [0.05, 0.1) is 17.8 Å². The number of aromatic nitrogens is 2. The second kappa shape index (κ2) is 15.2. The highest BCUT2D eigenvalue weighted by Crippen LogP contribution is 2.46. The molecule has 52 heavy (non-hydrogen) atoms. The molecule has 274 valence electrons. The van der Waals surface area contributed by atoms with E-state index in [1.165, 1.54) is 32.3 Å². The molecule has 3 amide bonds. The maximum Gasteiger partial charge on any atom is 0.408 e. The molecule has 3 fully saturated rings. The number of allylic oxidation sites excluding steroid dienone is 1. The van der Waals surface area contributed by atoms with Crippen molar-refractivity contribution in [2.24, 2.45) is 5.92 Å². The number of nitrogens with zero attached hydrogens (tertiary/aromatic N) is 3. The molecule has 7 rings (SSSR count). The summed E-state index contributed by atoms with van der Waals surface area (Å²) in [6.07, 6.45) is 11.0. The van der Waals surface area contributed by atoms with Crippen LogP contribution in [-0.2, 0) is 23.9 Å². The topological polar surface area (TPSA) is 177 Å². The summed E-state index contributed by atoms with van der Waals surface area (Å²) in [5.74, 6) is -4.51. The predicted octanol–water partition coefficient (Wildman–Crippen LogP) is 4.93. The van der Waals surface area contributed by atoms with E-state index in [2.05, 4.69) is 15.7 Å². The van der Waals surface area contributed by atoms with E-state index in [9.17, 15) is 33.9 Å². The molecular weight excluding hydrogens is 707 g/mol. The first-order chi connectivity index (χ1) is 25.2. The van der Waals surface area contributed by atoms with Gasteiger partial charge in [-0.15, -0.1) is 0 Å². The number of amides is 3. The van der Waals surface area contributed by atoms with Crippen LogP contribution in [-0.4, -0.2) is 79.7 Å². The second-order valence-electron chi connectivity index (χ2n) is 14.1. The summed E-state index contributed by atoms with van der Waals surface area (Å²) >= 11 is 2.95. The molecule has 5 atom stereocenters.